The molecule has 2 nitrogen and oxygen atoms in total. The average molecular weight is 189 g/mol. The molecular weight excluding hydrogens is 174 g/mol. The van der Waals surface area contributed by atoms with Crippen LogP contribution in [0.4, 0.5) is 0 Å². The number of nitrogens with two attached hydrogens (primary N) is 1. The number of hydrogen-bond acceptors (Lipinski definition) is 2. The van der Waals surface area contributed by atoms with E-state index < -0.39 is 0 Å². The number of hydrogen-bond donors (Lipinski definition) is 1. The second kappa shape index (κ2) is 3.54. The minimum atomic E-state index is 0.177. The van der Waals surface area contributed by atoms with Gasteiger partial charge in [-0.1, -0.05) is 19.1 Å². The van der Waals surface area contributed by atoms with Crippen LogP contribution in [-0.4, -0.2) is 5.78 Å². The van der Waals surface area contributed by atoms with E-state index >= 15 is 0 Å². The monoisotopic (exact) mass is 189 g/mol. The molecule has 1 atom stereocenters. The van der Waals surface area contributed by atoms with Crippen molar-refractivity contribution in [2.75, 3.05) is 0 Å². The Morgan fingerprint density at radius 1 is 1.57 bits per heavy atom. The Morgan fingerprint density at radius 2 is 2.36 bits per heavy atom. The Morgan fingerprint density at radius 3 is 3.07 bits per heavy atom. The molecular formula is C12H15NO. The van der Waals surface area contributed by atoms with Crippen molar-refractivity contribution >= 4 is 5.78 Å². The molecule has 0 amide bonds. The molecule has 2 rings (SSSR count). The van der Waals surface area contributed by atoms with E-state index in [1.807, 2.05) is 25.1 Å². The fourth-order valence-corrected chi connectivity index (χ4v) is 2.03. The van der Waals surface area contributed by atoms with Gasteiger partial charge in [0.1, 0.15) is 0 Å². The molecule has 0 spiro atoms. The number of ketones is 1. The number of benzene rings is 1. The van der Waals surface area contributed by atoms with Crippen molar-refractivity contribution in [2.45, 2.75) is 32.2 Å². The van der Waals surface area contributed by atoms with Gasteiger partial charge in [-0.3, -0.25) is 4.79 Å². The van der Waals surface area contributed by atoms with Gasteiger partial charge in [0.15, 0.2) is 5.78 Å². The standard InChI is InChI=1S/C12H15NO/c1-2-12(14)9-3-5-10-8(7-9)4-6-11(10)13/h3,5,7,11H,2,4,6,13H2,1H3. The summed E-state index contributed by atoms with van der Waals surface area (Å²) in [5.74, 6) is 0.216. The smallest absolute Gasteiger partial charge is 0.162 e. The van der Waals surface area contributed by atoms with Crippen molar-refractivity contribution in [1.82, 2.24) is 0 Å². The van der Waals surface area contributed by atoms with Gasteiger partial charge in [0.05, 0.1) is 0 Å². The zero-order valence-corrected chi connectivity index (χ0v) is 8.42. The predicted octanol–water partition coefficient (Wildman–Crippen LogP) is 2.23. The maximum atomic E-state index is 11.5. The topological polar surface area (TPSA) is 43.1 Å². The van der Waals surface area contributed by atoms with Gasteiger partial charge in [0.2, 0.25) is 0 Å². The van der Waals surface area contributed by atoms with Crippen molar-refractivity contribution in [1.29, 1.82) is 0 Å². The third-order valence-corrected chi connectivity index (χ3v) is 2.91. The van der Waals surface area contributed by atoms with Crippen LogP contribution in [0.25, 0.3) is 0 Å². The van der Waals surface area contributed by atoms with Crippen LogP contribution >= 0.6 is 0 Å². The molecule has 0 saturated carbocycles. The first-order valence-corrected chi connectivity index (χ1v) is 5.14. The molecule has 2 heteroatoms. The zero-order valence-electron chi connectivity index (χ0n) is 8.42. The van der Waals surface area contributed by atoms with Crippen LogP contribution in [0.2, 0.25) is 0 Å². The summed E-state index contributed by atoms with van der Waals surface area (Å²) >= 11 is 0. The Balaban J connectivity index is 2.37. The van der Waals surface area contributed by atoms with Gasteiger partial charge in [-0.2, -0.15) is 0 Å². The first kappa shape index (κ1) is 9.41. The van der Waals surface area contributed by atoms with Crippen molar-refractivity contribution in [2.24, 2.45) is 5.73 Å². The number of carbonyl (C=O) groups is 1. The molecule has 0 fully saturated rings. The highest BCUT2D eigenvalue weighted by Crippen LogP contribution is 2.29. The minimum absolute atomic E-state index is 0.177. The number of Topliss-reactive ketones (excluding diaryl/α,β-unsaturated/α-hetero) is 1. The zero-order chi connectivity index (χ0) is 10.1. The molecule has 1 aliphatic carbocycles. The van der Waals surface area contributed by atoms with Gasteiger partial charge in [-0.15, -0.1) is 0 Å². The number of rotatable bonds is 2. The fourth-order valence-electron chi connectivity index (χ4n) is 2.03. The lowest BCUT2D eigenvalue weighted by atomic mass is 10.0. The van der Waals surface area contributed by atoms with Crippen LogP contribution in [0.5, 0.6) is 0 Å². The van der Waals surface area contributed by atoms with E-state index in [4.69, 9.17) is 5.73 Å². The van der Waals surface area contributed by atoms with Gasteiger partial charge in [0.25, 0.3) is 0 Å². The lowest BCUT2D eigenvalue weighted by molar-refractivity contribution is 0.0988. The molecule has 0 bridgehead atoms. The van der Waals surface area contributed by atoms with Gasteiger partial charge < -0.3 is 5.73 Å². The lowest BCUT2D eigenvalue weighted by Gasteiger charge is -2.05. The first-order chi connectivity index (χ1) is 6.72. The second-order valence-corrected chi connectivity index (χ2v) is 3.84. The Hall–Kier alpha value is -1.15. The number of fused-ring (bicyclic) bond motifs is 1. The molecule has 2 N–H and O–H groups in total. The average Bonchev–Trinajstić information content (AvgIpc) is 2.59. The van der Waals surface area contributed by atoms with Gasteiger partial charge in [0, 0.05) is 18.0 Å². The molecule has 1 aromatic rings. The predicted molar refractivity (Wildman–Crippen MR) is 56.3 cm³/mol. The van der Waals surface area contributed by atoms with Gasteiger partial charge in [-0.05, 0) is 30.0 Å². The SMILES string of the molecule is CCC(=O)c1ccc2c(c1)CCC2N. The third-order valence-electron chi connectivity index (χ3n) is 2.91. The van der Waals surface area contributed by atoms with Crippen LogP contribution < -0.4 is 5.73 Å². The summed E-state index contributed by atoms with van der Waals surface area (Å²) in [6.07, 6.45) is 2.60. The van der Waals surface area contributed by atoms with Gasteiger partial charge >= 0.3 is 0 Å². The first-order valence-electron chi connectivity index (χ1n) is 5.14. The van der Waals surface area contributed by atoms with E-state index in [-0.39, 0.29) is 11.8 Å². The molecule has 1 aromatic carbocycles. The lowest BCUT2D eigenvalue weighted by Crippen LogP contribution is -2.05. The molecule has 0 aromatic heterocycles. The summed E-state index contributed by atoms with van der Waals surface area (Å²) < 4.78 is 0. The quantitative estimate of drug-likeness (QED) is 0.725. The Labute approximate surface area is 84.1 Å². The molecule has 0 heterocycles. The molecule has 0 saturated heterocycles. The molecule has 1 aliphatic rings. The van der Waals surface area contributed by atoms with Crippen LogP contribution in [0, 0.1) is 0 Å². The summed E-state index contributed by atoms with van der Waals surface area (Å²) in [5, 5.41) is 0. The number of carbonyl (C=O) groups excluding carboxylic acids is 1. The van der Waals surface area contributed by atoms with Gasteiger partial charge in [-0.25, -0.2) is 0 Å². The summed E-state index contributed by atoms with van der Waals surface area (Å²) in [7, 11) is 0. The maximum Gasteiger partial charge on any atom is 0.162 e. The molecule has 1 unspecified atom stereocenters. The molecule has 14 heavy (non-hydrogen) atoms. The van der Waals surface area contributed by atoms with E-state index in [1.165, 1.54) is 11.1 Å². The minimum Gasteiger partial charge on any atom is -0.324 e. The summed E-state index contributed by atoms with van der Waals surface area (Å²) in [4.78, 5) is 11.5. The Kier molecular flexibility index (Phi) is 2.38. The van der Waals surface area contributed by atoms with E-state index in [1.54, 1.807) is 0 Å². The fraction of sp³-hybridized carbons (Fsp3) is 0.417. The largest absolute Gasteiger partial charge is 0.324 e. The highest BCUT2D eigenvalue weighted by atomic mass is 16.1. The second-order valence-electron chi connectivity index (χ2n) is 3.84. The van der Waals surface area contributed by atoms with Crippen molar-refractivity contribution in [3.63, 3.8) is 0 Å². The summed E-state index contributed by atoms with van der Waals surface area (Å²) in [5.41, 5.74) is 9.23. The molecule has 74 valence electrons. The Bertz CT molecular complexity index is 371. The summed E-state index contributed by atoms with van der Waals surface area (Å²) in [6, 6.07) is 6.09. The van der Waals surface area contributed by atoms with Crippen molar-refractivity contribution < 1.29 is 4.79 Å². The third kappa shape index (κ3) is 1.46. The van der Waals surface area contributed by atoms with Crippen molar-refractivity contribution in [3.05, 3.63) is 34.9 Å². The van der Waals surface area contributed by atoms with E-state index in [0.717, 1.165) is 18.4 Å². The van der Waals surface area contributed by atoms with Crippen molar-refractivity contribution in [3.8, 4) is 0 Å². The van der Waals surface area contributed by atoms with Crippen LogP contribution in [0.3, 0.4) is 0 Å². The van der Waals surface area contributed by atoms with E-state index in [0.29, 0.717) is 6.42 Å². The molecule has 0 aliphatic heterocycles. The van der Waals surface area contributed by atoms with E-state index in [9.17, 15) is 4.79 Å². The normalized spacial score (nSPS) is 19.4. The molecule has 0 radical (unpaired) electrons. The van der Waals surface area contributed by atoms with Crippen LogP contribution in [0.15, 0.2) is 18.2 Å². The van der Waals surface area contributed by atoms with Crippen LogP contribution in [-0.2, 0) is 6.42 Å². The van der Waals surface area contributed by atoms with Crippen LogP contribution in [0.1, 0.15) is 47.3 Å². The highest BCUT2D eigenvalue weighted by Gasteiger charge is 2.19. The van der Waals surface area contributed by atoms with E-state index in [2.05, 4.69) is 0 Å². The highest BCUT2D eigenvalue weighted by molar-refractivity contribution is 5.96. The number of aryl methyl sites for hydroxylation is 1. The summed E-state index contributed by atoms with van der Waals surface area (Å²) in [6.45, 7) is 1.89. The maximum absolute atomic E-state index is 11.5.